The van der Waals surface area contributed by atoms with Gasteiger partial charge in [0.25, 0.3) is 0 Å². The summed E-state index contributed by atoms with van der Waals surface area (Å²) < 4.78 is 10.7. The van der Waals surface area contributed by atoms with Crippen molar-refractivity contribution in [1.29, 1.82) is 0 Å². The van der Waals surface area contributed by atoms with Gasteiger partial charge >= 0.3 is 0 Å². The van der Waals surface area contributed by atoms with Gasteiger partial charge in [-0.2, -0.15) is 0 Å². The number of ether oxygens (including phenoxy) is 2. The largest absolute Gasteiger partial charge is 0.497 e. The van der Waals surface area contributed by atoms with Crippen LogP contribution in [0.2, 0.25) is 0 Å². The maximum Gasteiger partial charge on any atom is 0.119 e. The molecule has 0 saturated carbocycles. The number of hydrogen-bond acceptors (Lipinski definition) is 2. The number of alkyl halides is 1. The third-order valence-corrected chi connectivity index (χ3v) is 3.89. The lowest BCUT2D eigenvalue weighted by Gasteiger charge is -2.19. The van der Waals surface area contributed by atoms with Crippen molar-refractivity contribution in [3.8, 4) is 11.5 Å². The summed E-state index contributed by atoms with van der Waals surface area (Å²) in [7, 11) is 3.39. The summed E-state index contributed by atoms with van der Waals surface area (Å²) >= 11 is 5.89. The van der Waals surface area contributed by atoms with Crippen molar-refractivity contribution in [3.63, 3.8) is 0 Å². The summed E-state index contributed by atoms with van der Waals surface area (Å²) in [5.41, 5.74) is 2.49. The van der Waals surface area contributed by atoms with E-state index in [1.165, 1.54) is 11.1 Å². The molecule has 0 fully saturated rings. The van der Waals surface area contributed by atoms with Gasteiger partial charge < -0.3 is 9.47 Å². The van der Waals surface area contributed by atoms with Gasteiger partial charge in [-0.15, -0.1) is 11.6 Å². The lowest BCUT2D eigenvalue weighted by atomic mass is 9.87. The molecule has 0 amide bonds. The highest BCUT2D eigenvalue weighted by Gasteiger charge is 2.15. The number of methoxy groups -OCH3 is 2. The zero-order valence-electron chi connectivity index (χ0n) is 12.5. The molecular weight excluding hydrogens is 284 g/mol. The first-order chi connectivity index (χ1) is 10.3. The quantitative estimate of drug-likeness (QED) is 0.680. The predicted octanol–water partition coefficient (Wildman–Crippen LogP) is 4.85. The third-order valence-electron chi connectivity index (χ3n) is 3.62. The second kappa shape index (κ2) is 7.94. The van der Waals surface area contributed by atoms with Gasteiger partial charge in [-0.1, -0.05) is 24.3 Å². The predicted molar refractivity (Wildman–Crippen MR) is 87.8 cm³/mol. The first kappa shape index (κ1) is 15.7. The third kappa shape index (κ3) is 4.15. The highest BCUT2D eigenvalue weighted by molar-refractivity contribution is 6.17. The molecule has 0 saturated heterocycles. The summed E-state index contributed by atoms with van der Waals surface area (Å²) in [5.74, 6) is 2.73. The standard InChI is InChI=1S/C18H21ClO2/c1-20-16-8-3-6-14(12-16)18(10-5-11-19)15-7-4-9-17(13-15)21-2/h3-4,6-9,12-13,18H,5,10-11H2,1-2H3. The van der Waals surface area contributed by atoms with Crippen LogP contribution in [0.15, 0.2) is 48.5 Å². The van der Waals surface area contributed by atoms with E-state index in [4.69, 9.17) is 21.1 Å². The molecule has 0 aliphatic carbocycles. The van der Waals surface area contributed by atoms with Gasteiger partial charge in [-0.25, -0.2) is 0 Å². The van der Waals surface area contributed by atoms with Crippen LogP contribution in [0.25, 0.3) is 0 Å². The highest BCUT2D eigenvalue weighted by Crippen LogP contribution is 2.33. The highest BCUT2D eigenvalue weighted by atomic mass is 35.5. The van der Waals surface area contributed by atoms with Crippen LogP contribution in [-0.4, -0.2) is 20.1 Å². The van der Waals surface area contributed by atoms with Crippen LogP contribution >= 0.6 is 11.6 Å². The SMILES string of the molecule is COc1cccc(C(CCCCl)c2cccc(OC)c2)c1. The van der Waals surface area contributed by atoms with E-state index in [1.807, 2.05) is 24.3 Å². The summed E-state index contributed by atoms with van der Waals surface area (Å²) in [6.07, 6.45) is 1.98. The second-order valence-electron chi connectivity index (χ2n) is 4.94. The van der Waals surface area contributed by atoms with Crippen LogP contribution in [0.5, 0.6) is 11.5 Å². The van der Waals surface area contributed by atoms with Gasteiger partial charge in [0.15, 0.2) is 0 Å². The van der Waals surface area contributed by atoms with Crippen LogP contribution in [-0.2, 0) is 0 Å². The molecule has 21 heavy (non-hydrogen) atoms. The molecule has 112 valence electrons. The fourth-order valence-corrected chi connectivity index (χ4v) is 2.68. The van der Waals surface area contributed by atoms with Crippen LogP contribution in [0.4, 0.5) is 0 Å². The maximum atomic E-state index is 5.89. The minimum atomic E-state index is 0.300. The summed E-state index contributed by atoms with van der Waals surface area (Å²) in [5, 5.41) is 0. The molecule has 0 N–H and O–H groups in total. The second-order valence-corrected chi connectivity index (χ2v) is 5.31. The van der Waals surface area contributed by atoms with E-state index in [9.17, 15) is 0 Å². The van der Waals surface area contributed by atoms with Gasteiger partial charge in [0, 0.05) is 11.8 Å². The normalized spacial score (nSPS) is 10.7. The summed E-state index contributed by atoms with van der Waals surface area (Å²) in [4.78, 5) is 0. The van der Waals surface area contributed by atoms with Crippen LogP contribution < -0.4 is 9.47 Å². The minimum absolute atomic E-state index is 0.300. The van der Waals surface area contributed by atoms with Gasteiger partial charge in [-0.05, 0) is 48.2 Å². The number of rotatable bonds is 7. The molecule has 2 nitrogen and oxygen atoms in total. The summed E-state index contributed by atoms with van der Waals surface area (Å²) in [6.45, 7) is 0. The van der Waals surface area contributed by atoms with Crippen molar-refractivity contribution in [2.24, 2.45) is 0 Å². The molecule has 0 atom stereocenters. The lowest BCUT2D eigenvalue weighted by Crippen LogP contribution is -2.03. The smallest absolute Gasteiger partial charge is 0.119 e. The van der Waals surface area contributed by atoms with Crippen molar-refractivity contribution < 1.29 is 9.47 Å². The van der Waals surface area contributed by atoms with Gasteiger partial charge in [0.1, 0.15) is 11.5 Å². The Labute approximate surface area is 131 Å². The van der Waals surface area contributed by atoms with Crippen LogP contribution in [0.3, 0.4) is 0 Å². The van der Waals surface area contributed by atoms with Crippen molar-refractivity contribution in [1.82, 2.24) is 0 Å². The number of hydrogen-bond donors (Lipinski definition) is 0. The van der Waals surface area contributed by atoms with Crippen LogP contribution in [0.1, 0.15) is 29.9 Å². The van der Waals surface area contributed by atoms with E-state index in [1.54, 1.807) is 14.2 Å². The van der Waals surface area contributed by atoms with Gasteiger partial charge in [0.05, 0.1) is 14.2 Å². The molecule has 0 aliphatic heterocycles. The van der Waals surface area contributed by atoms with E-state index in [0.717, 1.165) is 24.3 Å². The Morgan fingerprint density at radius 2 is 1.43 bits per heavy atom. The fraction of sp³-hybridized carbons (Fsp3) is 0.333. The molecule has 0 aliphatic rings. The van der Waals surface area contributed by atoms with Crippen molar-refractivity contribution >= 4 is 11.6 Å². The molecule has 0 radical (unpaired) electrons. The first-order valence-electron chi connectivity index (χ1n) is 7.12. The van der Waals surface area contributed by atoms with Gasteiger partial charge in [-0.3, -0.25) is 0 Å². The molecular formula is C18H21ClO2. The monoisotopic (exact) mass is 304 g/mol. The average Bonchev–Trinajstić information content (AvgIpc) is 2.55. The number of benzene rings is 2. The molecule has 0 heterocycles. The van der Waals surface area contributed by atoms with Crippen molar-refractivity contribution in [3.05, 3.63) is 59.7 Å². The molecule has 0 aromatic heterocycles. The average molecular weight is 305 g/mol. The van der Waals surface area contributed by atoms with E-state index < -0.39 is 0 Å². The molecule has 2 aromatic carbocycles. The Hall–Kier alpha value is -1.67. The van der Waals surface area contributed by atoms with Gasteiger partial charge in [0.2, 0.25) is 0 Å². The minimum Gasteiger partial charge on any atom is -0.497 e. The Kier molecular flexibility index (Phi) is 5.94. The Morgan fingerprint density at radius 3 is 1.86 bits per heavy atom. The maximum absolute atomic E-state index is 5.89. The van der Waals surface area contributed by atoms with Crippen molar-refractivity contribution in [2.75, 3.05) is 20.1 Å². The topological polar surface area (TPSA) is 18.5 Å². The van der Waals surface area contributed by atoms with E-state index in [2.05, 4.69) is 24.3 Å². The summed E-state index contributed by atoms with van der Waals surface area (Å²) in [6, 6.07) is 16.5. The fourth-order valence-electron chi connectivity index (χ4n) is 2.52. The molecule has 2 rings (SSSR count). The van der Waals surface area contributed by atoms with Crippen molar-refractivity contribution in [2.45, 2.75) is 18.8 Å². The zero-order chi connectivity index (χ0) is 15.1. The Bertz CT molecular complexity index is 521. The van der Waals surface area contributed by atoms with Crippen LogP contribution in [0, 0.1) is 0 Å². The van der Waals surface area contributed by atoms with E-state index in [0.29, 0.717) is 11.8 Å². The lowest BCUT2D eigenvalue weighted by molar-refractivity contribution is 0.413. The molecule has 0 unspecified atom stereocenters. The molecule has 0 bridgehead atoms. The zero-order valence-corrected chi connectivity index (χ0v) is 13.3. The number of halogens is 1. The Morgan fingerprint density at radius 1 is 0.905 bits per heavy atom. The molecule has 3 heteroatoms. The molecule has 2 aromatic rings. The Balaban J connectivity index is 2.36. The van der Waals surface area contributed by atoms with E-state index in [-0.39, 0.29) is 0 Å². The molecule has 0 spiro atoms. The van der Waals surface area contributed by atoms with E-state index >= 15 is 0 Å². The first-order valence-corrected chi connectivity index (χ1v) is 7.65.